The Kier molecular flexibility index (Phi) is 8.55. The Morgan fingerprint density at radius 2 is 1.75 bits per heavy atom. The maximum absolute atomic E-state index is 12.8. The molecule has 2 aliphatic rings. The van der Waals surface area contributed by atoms with Gasteiger partial charge in [-0.3, -0.25) is 0 Å². The molecule has 0 unspecified atom stereocenters. The number of benzene rings is 1. The topological polar surface area (TPSA) is 55.8 Å². The molecule has 6 atom stereocenters. The van der Waals surface area contributed by atoms with E-state index in [2.05, 4.69) is 59.6 Å². The second kappa shape index (κ2) is 10.6. The SMILES string of the molecule is C[C@@H]([C@H]1CC[C@H]2[C@@H](OC(=O)c3ccccc3)CCC[C@]12C)[C@@H](O)C#CC(C)(C)O[Si](C)(C)C(C)(C)C. The lowest BCUT2D eigenvalue weighted by Gasteiger charge is -2.46. The first-order valence-corrected chi connectivity index (χ1v) is 16.7. The van der Waals surface area contributed by atoms with Crippen LogP contribution in [0.25, 0.3) is 0 Å². The third kappa shape index (κ3) is 6.26. The maximum Gasteiger partial charge on any atom is 0.338 e. The number of rotatable bonds is 6. The van der Waals surface area contributed by atoms with Gasteiger partial charge < -0.3 is 14.3 Å². The zero-order valence-electron chi connectivity index (χ0n) is 24.0. The molecule has 1 aromatic rings. The van der Waals surface area contributed by atoms with Gasteiger partial charge in [-0.15, -0.1) is 0 Å². The summed E-state index contributed by atoms with van der Waals surface area (Å²) < 4.78 is 12.6. The highest BCUT2D eigenvalue weighted by Crippen LogP contribution is 2.58. The Hall–Kier alpha value is -1.61. The Balaban J connectivity index is 1.69. The van der Waals surface area contributed by atoms with E-state index in [-0.39, 0.29) is 28.4 Å². The van der Waals surface area contributed by atoms with Crippen LogP contribution in [0, 0.1) is 35.0 Å². The second-order valence-electron chi connectivity index (χ2n) is 13.4. The van der Waals surface area contributed by atoms with Crippen molar-refractivity contribution < 1.29 is 19.1 Å². The summed E-state index contributed by atoms with van der Waals surface area (Å²) in [5.41, 5.74) is 0.0450. The molecule has 5 heteroatoms. The van der Waals surface area contributed by atoms with Crippen molar-refractivity contribution in [1.29, 1.82) is 0 Å². The molecule has 3 rings (SSSR count). The highest BCUT2D eigenvalue weighted by Gasteiger charge is 2.54. The number of hydrogen-bond acceptors (Lipinski definition) is 4. The zero-order valence-corrected chi connectivity index (χ0v) is 25.0. The maximum atomic E-state index is 12.8. The third-order valence-electron chi connectivity index (χ3n) is 9.37. The van der Waals surface area contributed by atoms with E-state index in [9.17, 15) is 9.90 Å². The first-order chi connectivity index (χ1) is 16.6. The molecule has 36 heavy (non-hydrogen) atoms. The molecule has 0 heterocycles. The second-order valence-corrected chi connectivity index (χ2v) is 18.2. The minimum atomic E-state index is -1.97. The normalized spacial score (nSPS) is 28.4. The van der Waals surface area contributed by atoms with E-state index in [0.29, 0.717) is 17.4 Å². The van der Waals surface area contributed by atoms with Crippen molar-refractivity contribution in [3.63, 3.8) is 0 Å². The molecule has 1 aromatic carbocycles. The fraction of sp³-hybridized carbons (Fsp3) is 0.710. The summed E-state index contributed by atoms with van der Waals surface area (Å²) in [7, 11) is -1.97. The molecule has 2 aliphatic carbocycles. The van der Waals surface area contributed by atoms with Crippen LogP contribution in [0.5, 0.6) is 0 Å². The third-order valence-corrected chi connectivity index (χ3v) is 14.0. The summed E-state index contributed by atoms with van der Waals surface area (Å²) in [5, 5.41) is 11.3. The van der Waals surface area contributed by atoms with Crippen LogP contribution in [0.4, 0.5) is 0 Å². The van der Waals surface area contributed by atoms with Crippen molar-refractivity contribution in [2.75, 3.05) is 0 Å². The van der Waals surface area contributed by atoms with Crippen LogP contribution in [0.1, 0.15) is 90.9 Å². The van der Waals surface area contributed by atoms with Crippen LogP contribution in [0.3, 0.4) is 0 Å². The molecule has 0 radical (unpaired) electrons. The molecule has 2 saturated carbocycles. The van der Waals surface area contributed by atoms with Crippen molar-refractivity contribution in [2.45, 2.75) is 117 Å². The Morgan fingerprint density at radius 1 is 1.11 bits per heavy atom. The molecule has 4 nitrogen and oxygen atoms in total. The number of aliphatic hydroxyl groups is 1. The first-order valence-electron chi connectivity index (χ1n) is 13.7. The molecule has 200 valence electrons. The van der Waals surface area contributed by atoms with Gasteiger partial charge in [0.15, 0.2) is 8.32 Å². The van der Waals surface area contributed by atoms with Gasteiger partial charge in [-0.2, -0.15) is 0 Å². The summed E-state index contributed by atoms with van der Waals surface area (Å²) in [6.07, 6.45) is 4.35. The summed E-state index contributed by atoms with van der Waals surface area (Å²) >= 11 is 0. The van der Waals surface area contributed by atoms with Gasteiger partial charge in [0.1, 0.15) is 17.8 Å². The summed E-state index contributed by atoms with van der Waals surface area (Å²) in [4.78, 5) is 12.8. The minimum absolute atomic E-state index is 0.0368. The van der Waals surface area contributed by atoms with E-state index >= 15 is 0 Å². The van der Waals surface area contributed by atoms with Crippen molar-refractivity contribution in [2.24, 2.45) is 23.2 Å². The molecule has 0 spiro atoms. The lowest BCUT2D eigenvalue weighted by Crippen LogP contribution is -2.47. The molecule has 0 aromatic heterocycles. The van der Waals surface area contributed by atoms with Crippen molar-refractivity contribution in [1.82, 2.24) is 0 Å². The van der Waals surface area contributed by atoms with Crippen LogP contribution < -0.4 is 0 Å². The molecule has 0 bridgehead atoms. The van der Waals surface area contributed by atoms with Gasteiger partial charge in [-0.1, -0.05) is 64.7 Å². The molecule has 0 saturated heterocycles. The van der Waals surface area contributed by atoms with Crippen molar-refractivity contribution in [3.05, 3.63) is 35.9 Å². The van der Waals surface area contributed by atoms with E-state index < -0.39 is 20.0 Å². The van der Waals surface area contributed by atoms with Gasteiger partial charge in [0.2, 0.25) is 0 Å². The lowest BCUT2D eigenvalue weighted by molar-refractivity contribution is -0.0532. The fourth-order valence-corrected chi connectivity index (χ4v) is 7.99. The molecule has 1 N–H and O–H groups in total. The average Bonchev–Trinajstić information content (AvgIpc) is 3.14. The standard InChI is InChI=1S/C31H48O4Si/c1-22(26(32)19-21-30(5,6)35-36(8,9)29(2,3)4)24-17-18-25-27(16-13-20-31(24,25)7)34-28(33)23-14-11-10-12-15-23/h10-12,14-15,22,24-27,32H,13,16-18,20H2,1-9H3/t22-,24+,25-,26-,27-,31+/m0/s1. The number of esters is 1. The van der Waals surface area contributed by atoms with Crippen LogP contribution in [-0.4, -0.2) is 37.2 Å². The highest BCUT2D eigenvalue weighted by atomic mass is 28.4. The van der Waals surface area contributed by atoms with Crippen LogP contribution in [-0.2, 0) is 9.16 Å². The number of hydrogen-bond donors (Lipinski definition) is 1. The largest absolute Gasteiger partial charge is 0.458 e. The predicted molar refractivity (Wildman–Crippen MR) is 149 cm³/mol. The van der Waals surface area contributed by atoms with E-state index in [4.69, 9.17) is 9.16 Å². The van der Waals surface area contributed by atoms with Crippen LogP contribution in [0.2, 0.25) is 18.1 Å². The summed E-state index contributed by atoms with van der Waals surface area (Å²) in [6.45, 7) is 19.7. The predicted octanol–water partition coefficient (Wildman–Crippen LogP) is 7.23. The Labute approximate surface area is 220 Å². The smallest absolute Gasteiger partial charge is 0.338 e. The van der Waals surface area contributed by atoms with Gasteiger partial charge in [0, 0.05) is 5.92 Å². The Morgan fingerprint density at radius 3 is 2.36 bits per heavy atom. The molecule has 2 fully saturated rings. The van der Waals surface area contributed by atoms with Crippen LogP contribution in [0.15, 0.2) is 30.3 Å². The van der Waals surface area contributed by atoms with Crippen molar-refractivity contribution in [3.8, 4) is 11.8 Å². The quantitative estimate of drug-likeness (QED) is 0.248. The van der Waals surface area contributed by atoms with E-state index in [1.165, 1.54) is 0 Å². The number of carbonyl (C=O) groups excluding carboxylic acids is 1. The van der Waals surface area contributed by atoms with Gasteiger partial charge in [-0.05, 0) is 93.5 Å². The number of carbonyl (C=O) groups is 1. The Bertz CT molecular complexity index is 968. The monoisotopic (exact) mass is 512 g/mol. The summed E-state index contributed by atoms with van der Waals surface area (Å²) in [5.74, 6) is 6.92. The number of fused-ring (bicyclic) bond motifs is 1. The van der Waals surface area contributed by atoms with E-state index in [1.807, 2.05) is 44.2 Å². The summed E-state index contributed by atoms with van der Waals surface area (Å²) in [6, 6.07) is 9.28. The number of ether oxygens (including phenoxy) is 1. The van der Waals surface area contributed by atoms with Gasteiger partial charge in [0.25, 0.3) is 0 Å². The fourth-order valence-electron chi connectivity index (χ4n) is 6.36. The average molecular weight is 513 g/mol. The van der Waals surface area contributed by atoms with Crippen molar-refractivity contribution >= 4 is 14.3 Å². The van der Waals surface area contributed by atoms with Crippen LogP contribution >= 0.6 is 0 Å². The molecule has 0 aliphatic heterocycles. The number of aliphatic hydroxyl groups excluding tert-OH is 1. The zero-order chi connectivity index (χ0) is 26.9. The molecule has 0 amide bonds. The van der Waals surface area contributed by atoms with E-state index in [1.54, 1.807) is 0 Å². The van der Waals surface area contributed by atoms with Gasteiger partial charge in [0.05, 0.1) is 5.56 Å². The highest BCUT2D eigenvalue weighted by molar-refractivity contribution is 6.74. The molecular formula is C31H48O4Si. The van der Waals surface area contributed by atoms with Gasteiger partial charge in [-0.25, -0.2) is 4.79 Å². The first kappa shape index (κ1) is 29.0. The lowest BCUT2D eigenvalue weighted by atomic mass is 9.61. The van der Waals surface area contributed by atoms with E-state index in [0.717, 1.165) is 32.1 Å². The minimum Gasteiger partial charge on any atom is -0.458 e. The van der Waals surface area contributed by atoms with Gasteiger partial charge >= 0.3 is 5.97 Å². The molecular weight excluding hydrogens is 464 g/mol.